The van der Waals surface area contributed by atoms with E-state index < -0.39 is 8.32 Å². The van der Waals surface area contributed by atoms with Gasteiger partial charge in [0.2, 0.25) is 0 Å². The second-order valence-electron chi connectivity index (χ2n) is 7.54. The van der Waals surface area contributed by atoms with Crippen LogP contribution < -0.4 is 4.74 Å². The molecule has 0 amide bonds. The van der Waals surface area contributed by atoms with Crippen LogP contribution in [0.1, 0.15) is 37.8 Å². The molecule has 6 heteroatoms. The Bertz CT molecular complexity index is 692. The minimum absolute atomic E-state index is 0.200. The van der Waals surface area contributed by atoms with Gasteiger partial charge in [0, 0.05) is 6.07 Å². The van der Waals surface area contributed by atoms with Crippen molar-refractivity contribution >= 4 is 24.2 Å². The number of aromatic nitrogens is 1. The van der Waals surface area contributed by atoms with Crippen molar-refractivity contribution in [3.8, 4) is 5.75 Å². The average molecular weight is 412 g/mol. The molecule has 2 rings (SSSR count). The highest BCUT2D eigenvalue weighted by atomic mass is 79.9. The molecule has 1 heterocycles. The van der Waals surface area contributed by atoms with E-state index in [4.69, 9.17) is 13.7 Å². The van der Waals surface area contributed by atoms with Crippen molar-refractivity contribution in [2.45, 2.75) is 59.0 Å². The standard InChI is InChI=1S/C18H26BrNO3Si/c1-13-9-15(23-20-13)12-21-17-10-14(7-8-16(17)19)11-22-24(5,6)18(2,3)4/h7-10H,11-12H2,1-6H3. The molecule has 0 unspecified atom stereocenters. The number of ether oxygens (including phenoxy) is 1. The Morgan fingerprint density at radius 3 is 2.46 bits per heavy atom. The summed E-state index contributed by atoms with van der Waals surface area (Å²) in [6, 6.07) is 7.94. The van der Waals surface area contributed by atoms with Crippen LogP contribution in [-0.2, 0) is 17.6 Å². The monoisotopic (exact) mass is 411 g/mol. The molecule has 0 N–H and O–H groups in total. The maximum Gasteiger partial charge on any atom is 0.192 e. The molecule has 4 nitrogen and oxygen atoms in total. The fourth-order valence-electron chi connectivity index (χ4n) is 1.86. The Hall–Kier alpha value is -1.11. The predicted octanol–water partition coefficient (Wildman–Crippen LogP) is 5.85. The van der Waals surface area contributed by atoms with Crippen LogP contribution in [-0.4, -0.2) is 13.5 Å². The number of rotatable bonds is 6. The first-order valence-corrected chi connectivity index (χ1v) is 11.8. The summed E-state index contributed by atoms with van der Waals surface area (Å²) >= 11 is 3.53. The van der Waals surface area contributed by atoms with Gasteiger partial charge in [0.15, 0.2) is 14.1 Å². The summed E-state index contributed by atoms with van der Waals surface area (Å²) in [7, 11) is -1.76. The van der Waals surface area contributed by atoms with E-state index >= 15 is 0 Å². The third-order valence-electron chi connectivity index (χ3n) is 4.45. The molecule has 1 aromatic heterocycles. The molecule has 2 aromatic rings. The van der Waals surface area contributed by atoms with Gasteiger partial charge in [-0.25, -0.2) is 0 Å². The smallest absolute Gasteiger partial charge is 0.192 e. The molecule has 0 bridgehead atoms. The summed E-state index contributed by atoms with van der Waals surface area (Å²) in [5.74, 6) is 1.49. The first-order chi connectivity index (χ1) is 11.1. The van der Waals surface area contributed by atoms with Gasteiger partial charge in [0.05, 0.1) is 16.8 Å². The number of hydrogen-bond donors (Lipinski definition) is 0. The molecule has 24 heavy (non-hydrogen) atoms. The Kier molecular flexibility index (Phi) is 5.94. The molecule has 0 aliphatic heterocycles. The fourth-order valence-corrected chi connectivity index (χ4v) is 3.18. The Balaban J connectivity index is 2.02. The van der Waals surface area contributed by atoms with Gasteiger partial charge in [0.25, 0.3) is 0 Å². The average Bonchev–Trinajstić information content (AvgIpc) is 2.89. The van der Waals surface area contributed by atoms with Gasteiger partial charge in [-0.3, -0.25) is 0 Å². The highest BCUT2D eigenvalue weighted by Gasteiger charge is 2.37. The van der Waals surface area contributed by atoms with Gasteiger partial charge in [0.1, 0.15) is 12.4 Å². The van der Waals surface area contributed by atoms with Gasteiger partial charge < -0.3 is 13.7 Å². The zero-order valence-electron chi connectivity index (χ0n) is 15.3. The first kappa shape index (κ1) is 19.2. The quantitative estimate of drug-likeness (QED) is 0.559. The summed E-state index contributed by atoms with van der Waals surface area (Å²) in [5.41, 5.74) is 1.95. The van der Waals surface area contributed by atoms with Crippen LogP contribution in [0.3, 0.4) is 0 Å². The largest absolute Gasteiger partial charge is 0.484 e. The Morgan fingerprint density at radius 1 is 1.17 bits per heavy atom. The SMILES string of the molecule is Cc1cc(COc2cc(CO[Si](C)(C)C(C)(C)C)ccc2Br)on1. The lowest BCUT2D eigenvalue weighted by Gasteiger charge is -2.36. The summed E-state index contributed by atoms with van der Waals surface area (Å²) < 4.78 is 18.2. The van der Waals surface area contributed by atoms with Gasteiger partial charge in [-0.1, -0.05) is 32.0 Å². The van der Waals surface area contributed by atoms with Crippen LogP contribution >= 0.6 is 15.9 Å². The van der Waals surface area contributed by atoms with Crippen molar-refractivity contribution in [3.63, 3.8) is 0 Å². The number of benzene rings is 1. The van der Waals surface area contributed by atoms with Crippen LogP contribution in [0.2, 0.25) is 18.1 Å². The van der Waals surface area contributed by atoms with Crippen LogP contribution in [0, 0.1) is 6.92 Å². The molecule has 0 radical (unpaired) electrons. The highest BCUT2D eigenvalue weighted by molar-refractivity contribution is 9.10. The predicted molar refractivity (Wildman–Crippen MR) is 102 cm³/mol. The maximum absolute atomic E-state index is 6.28. The third-order valence-corrected chi connectivity index (χ3v) is 9.58. The number of aryl methyl sites for hydroxylation is 1. The first-order valence-electron chi connectivity index (χ1n) is 8.06. The topological polar surface area (TPSA) is 44.5 Å². The van der Waals surface area contributed by atoms with Gasteiger partial charge in [-0.15, -0.1) is 0 Å². The van der Waals surface area contributed by atoms with Crippen LogP contribution in [0.25, 0.3) is 0 Å². The van der Waals surface area contributed by atoms with Crippen LogP contribution in [0.15, 0.2) is 33.3 Å². The van der Waals surface area contributed by atoms with Crippen molar-refractivity contribution in [1.82, 2.24) is 5.16 Å². The Labute approximate surface area is 153 Å². The van der Waals surface area contributed by atoms with E-state index in [9.17, 15) is 0 Å². The van der Waals surface area contributed by atoms with Crippen molar-refractivity contribution in [2.75, 3.05) is 0 Å². The minimum Gasteiger partial charge on any atom is -0.484 e. The van der Waals surface area contributed by atoms with Crippen molar-refractivity contribution < 1.29 is 13.7 Å². The third kappa shape index (κ3) is 4.94. The maximum atomic E-state index is 6.28. The van der Waals surface area contributed by atoms with E-state index in [0.717, 1.165) is 21.5 Å². The van der Waals surface area contributed by atoms with E-state index in [1.807, 2.05) is 25.1 Å². The zero-order chi connectivity index (χ0) is 18.0. The molecular formula is C18H26BrNO3Si. The van der Waals surface area contributed by atoms with Crippen molar-refractivity contribution in [3.05, 3.63) is 45.8 Å². The number of halogens is 1. The lowest BCUT2D eigenvalue weighted by atomic mass is 10.2. The fraction of sp³-hybridized carbons (Fsp3) is 0.500. The summed E-state index contributed by atoms with van der Waals surface area (Å²) in [5, 5.41) is 4.07. The number of hydrogen-bond acceptors (Lipinski definition) is 4. The summed E-state index contributed by atoms with van der Waals surface area (Å²) in [6.45, 7) is 14.1. The minimum atomic E-state index is -1.76. The van der Waals surface area contributed by atoms with Crippen LogP contribution in [0.4, 0.5) is 0 Å². The lowest BCUT2D eigenvalue weighted by Crippen LogP contribution is -2.40. The Morgan fingerprint density at radius 2 is 1.88 bits per heavy atom. The molecule has 0 fully saturated rings. The van der Waals surface area contributed by atoms with E-state index in [-0.39, 0.29) is 5.04 Å². The summed E-state index contributed by atoms with van der Waals surface area (Å²) in [6.07, 6.45) is 0. The molecule has 0 saturated carbocycles. The van der Waals surface area contributed by atoms with Gasteiger partial charge in [-0.2, -0.15) is 0 Å². The highest BCUT2D eigenvalue weighted by Crippen LogP contribution is 2.37. The molecule has 0 aliphatic rings. The van der Waals surface area contributed by atoms with Crippen molar-refractivity contribution in [1.29, 1.82) is 0 Å². The lowest BCUT2D eigenvalue weighted by molar-refractivity contribution is 0.245. The summed E-state index contributed by atoms with van der Waals surface area (Å²) in [4.78, 5) is 0. The molecule has 1 aromatic carbocycles. The number of nitrogens with zero attached hydrogens (tertiary/aromatic N) is 1. The van der Waals surface area contributed by atoms with E-state index in [1.54, 1.807) is 0 Å². The van der Waals surface area contributed by atoms with Gasteiger partial charge in [-0.05, 0) is 58.7 Å². The van der Waals surface area contributed by atoms with E-state index in [0.29, 0.717) is 19.0 Å². The second kappa shape index (κ2) is 7.41. The van der Waals surface area contributed by atoms with Gasteiger partial charge >= 0.3 is 0 Å². The molecular weight excluding hydrogens is 386 g/mol. The van der Waals surface area contributed by atoms with E-state index in [2.05, 4.69) is 61.0 Å². The molecule has 0 spiro atoms. The second-order valence-corrected chi connectivity index (χ2v) is 13.2. The zero-order valence-corrected chi connectivity index (χ0v) is 17.9. The molecule has 0 saturated heterocycles. The van der Waals surface area contributed by atoms with Crippen molar-refractivity contribution in [2.24, 2.45) is 0 Å². The molecule has 132 valence electrons. The molecule has 0 atom stereocenters. The molecule has 0 aliphatic carbocycles. The normalized spacial score (nSPS) is 12.5. The van der Waals surface area contributed by atoms with Crippen LogP contribution in [0.5, 0.6) is 5.75 Å². The van der Waals surface area contributed by atoms with E-state index in [1.165, 1.54) is 0 Å².